The maximum absolute atomic E-state index is 12.0. The molecule has 0 aliphatic carbocycles. The van der Waals surface area contributed by atoms with Gasteiger partial charge in [0.1, 0.15) is 5.75 Å². The average molecular weight is 292 g/mol. The molecule has 112 valence electrons. The Morgan fingerprint density at radius 3 is 2.38 bits per heavy atom. The number of phenolic OH excluding ortho intramolecular Hbond substituents is 1. The number of hydrogen-bond donors (Lipinski definition) is 2. The van der Waals surface area contributed by atoms with Crippen LogP contribution in [0.2, 0.25) is 0 Å². The molecular formula is C14H16N2O5. The van der Waals surface area contributed by atoms with Gasteiger partial charge >= 0.3 is 5.97 Å². The fraction of sp³-hybridized carbons (Fsp3) is 0.357. The Kier molecular flexibility index (Phi) is 4.11. The predicted molar refractivity (Wildman–Crippen MR) is 74.0 cm³/mol. The molecule has 1 heterocycles. The predicted octanol–water partition coefficient (Wildman–Crippen LogP) is 0.351. The lowest BCUT2D eigenvalue weighted by molar-refractivity contribution is -0.146. The molecule has 1 aliphatic rings. The van der Waals surface area contributed by atoms with E-state index in [0.717, 1.165) is 10.5 Å². The normalized spacial score (nSPS) is 15.5. The SMILES string of the molecule is Cc1cc(O)ccc1N1CC(=O)N(CCC(=O)O)C(=O)C1. The number of aromatic hydroxyl groups is 1. The maximum Gasteiger partial charge on any atom is 0.305 e. The summed E-state index contributed by atoms with van der Waals surface area (Å²) in [7, 11) is 0. The van der Waals surface area contributed by atoms with Gasteiger partial charge < -0.3 is 15.1 Å². The lowest BCUT2D eigenvalue weighted by Crippen LogP contribution is -2.54. The second-order valence-corrected chi connectivity index (χ2v) is 4.91. The van der Waals surface area contributed by atoms with E-state index < -0.39 is 17.8 Å². The molecule has 7 nitrogen and oxygen atoms in total. The van der Waals surface area contributed by atoms with Crippen LogP contribution in [-0.4, -0.2) is 52.5 Å². The molecule has 1 fully saturated rings. The molecule has 2 rings (SSSR count). The number of anilines is 1. The Balaban J connectivity index is 2.12. The number of amides is 2. The van der Waals surface area contributed by atoms with Crippen molar-refractivity contribution in [1.82, 2.24) is 4.90 Å². The molecule has 0 unspecified atom stereocenters. The number of aryl methyl sites for hydroxylation is 1. The number of phenols is 1. The Morgan fingerprint density at radius 2 is 1.86 bits per heavy atom. The fourth-order valence-electron chi connectivity index (χ4n) is 2.31. The van der Waals surface area contributed by atoms with E-state index in [1.165, 1.54) is 6.07 Å². The van der Waals surface area contributed by atoms with Gasteiger partial charge in [-0.1, -0.05) is 0 Å². The van der Waals surface area contributed by atoms with E-state index in [-0.39, 0.29) is 31.8 Å². The van der Waals surface area contributed by atoms with Crippen molar-refractivity contribution in [2.75, 3.05) is 24.5 Å². The van der Waals surface area contributed by atoms with Gasteiger partial charge in [0.2, 0.25) is 11.8 Å². The molecule has 1 aliphatic heterocycles. The van der Waals surface area contributed by atoms with E-state index >= 15 is 0 Å². The van der Waals surface area contributed by atoms with Gasteiger partial charge in [-0.15, -0.1) is 0 Å². The minimum absolute atomic E-state index is 0.0109. The third kappa shape index (κ3) is 3.31. The first-order valence-corrected chi connectivity index (χ1v) is 6.48. The van der Waals surface area contributed by atoms with Crippen molar-refractivity contribution in [3.8, 4) is 5.75 Å². The van der Waals surface area contributed by atoms with E-state index in [9.17, 15) is 19.5 Å². The molecule has 0 atom stereocenters. The van der Waals surface area contributed by atoms with Gasteiger partial charge in [-0.05, 0) is 30.7 Å². The van der Waals surface area contributed by atoms with Crippen molar-refractivity contribution < 1.29 is 24.6 Å². The maximum atomic E-state index is 12.0. The number of aliphatic carboxylic acids is 1. The number of imide groups is 1. The summed E-state index contributed by atoms with van der Waals surface area (Å²) in [6, 6.07) is 4.70. The summed E-state index contributed by atoms with van der Waals surface area (Å²) in [5, 5.41) is 18.0. The number of carboxylic acids is 1. The molecule has 1 saturated heterocycles. The molecule has 0 saturated carbocycles. The highest BCUT2D eigenvalue weighted by Crippen LogP contribution is 2.25. The van der Waals surface area contributed by atoms with Crippen LogP contribution in [0.1, 0.15) is 12.0 Å². The number of piperazine rings is 1. The van der Waals surface area contributed by atoms with Gasteiger partial charge in [0.05, 0.1) is 19.5 Å². The molecule has 2 N–H and O–H groups in total. The van der Waals surface area contributed by atoms with E-state index in [4.69, 9.17) is 5.11 Å². The van der Waals surface area contributed by atoms with Gasteiger partial charge in [-0.25, -0.2) is 0 Å². The lowest BCUT2D eigenvalue weighted by Gasteiger charge is -2.34. The van der Waals surface area contributed by atoms with Gasteiger partial charge in [0.15, 0.2) is 0 Å². The zero-order valence-corrected chi connectivity index (χ0v) is 11.6. The van der Waals surface area contributed by atoms with Gasteiger partial charge in [0, 0.05) is 12.2 Å². The molecule has 21 heavy (non-hydrogen) atoms. The second-order valence-electron chi connectivity index (χ2n) is 4.91. The van der Waals surface area contributed by atoms with Crippen LogP contribution in [0.3, 0.4) is 0 Å². The summed E-state index contributed by atoms with van der Waals surface area (Å²) in [5.41, 5.74) is 1.46. The smallest absolute Gasteiger partial charge is 0.305 e. The highest BCUT2D eigenvalue weighted by molar-refractivity contribution is 6.03. The monoisotopic (exact) mass is 292 g/mol. The number of nitrogens with zero attached hydrogens (tertiary/aromatic N) is 2. The summed E-state index contributed by atoms with van der Waals surface area (Å²) in [4.78, 5) is 37.1. The second kappa shape index (κ2) is 5.82. The molecule has 0 aromatic heterocycles. The number of rotatable bonds is 4. The topological polar surface area (TPSA) is 98.2 Å². The van der Waals surface area contributed by atoms with E-state index in [1.54, 1.807) is 24.0 Å². The lowest BCUT2D eigenvalue weighted by atomic mass is 10.1. The van der Waals surface area contributed by atoms with Crippen molar-refractivity contribution in [3.05, 3.63) is 23.8 Å². The van der Waals surface area contributed by atoms with Crippen LogP contribution >= 0.6 is 0 Å². The number of hydrogen-bond acceptors (Lipinski definition) is 5. The van der Waals surface area contributed by atoms with E-state index in [2.05, 4.69) is 0 Å². The summed E-state index contributed by atoms with van der Waals surface area (Å²) in [6.07, 6.45) is -0.254. The number of carbonyl (C=O) groups excluding carboxylic acids is 2. The molecule has 0 spiro atoms. The number of carbonyl (C=O) groups is 3. The van der Waals surface area contributed by atoms with E-state index in [0.29, 0.717) is 5.69 Å². The van der Waals surface area contributed by atoms with E-state index in [1.807, 2.05) is 0 Å². The van der Waals surface area contributed by atoms with Gasteiger partial charge in [-0.2, -0.15) is 0 Å². The zero-order valence-electron chi connectivity index (χ0n) is 11.6. The number of carboxylic acid groups (broad SMARTS) is 1. The fourth-order valence-corrected chi connectivity index (χ4v) is 2.31. The summed E-state index contributed by atoms with van der Waals surface area (Å²) < 4.78 is 0. The third-order valence-corrected chi connectivity index (χ3v) is 3.32. The number of benzene rings is 1. The first-order valence-electron chi connectivity index (χ1n) is 6.48. The standard InChI is InChI=1S/C14H16N2O5/c1-9-6-10(17)2-3-11(9)15-7-12(18)16(13(19)8-15)5-4-14(20)21/h2-3,6,17H,4-5,7-8H2,1H3,(H,20,21). The van der Waals surface area contributed by atoms with Gasteiger partial charge in [0.25, 0.3) is 0 Å². The largest absolute Gasteiger partial charge is 0.508 e. The molecular weight excluding hydrogens is 276 g/mol. The third-order valence-electron chi connectivity index (χ3n) is 3.32. The minimum Gasteiger partial charge on any atom is -0.508 e. The van der Waals surface area contributed by atoms with Crippen LogP contribution in [0.5, 0.6) is 5.75 Å². The Labute approximate surface area is 121 Å². The Hall–Kier alpha value is -2.57. The molecule has 0 bridgehead atoms. The first kappa shape index (κ1) is 14.8. The van der Waals surface area contributed by atoms with Crippen molar-refractivity contribution in [3.63, 3.8) is 0 Å². The Bertz CT molecular complexity index is 581. The Morgan fingerprint density at radius 1 is 1.24 bits per heavy atom. The average Bonchev–Trinajstić information content (AvgIpc) is 2.37. The molecule has 1 aromatic rings. The van der Waals surface area contributed by atoms with Crippen LogP contribution in [0.25, 0.3) is 0 Å². The van der Waals surface area contributed by atoms with Gasteiger partial charge in [-0.3, -0.25) is 19.3 Å². The van der Waals surface area contributed by atoms with Crippen LogP contribution in [-0.2, 0) is 14.4 Å². The van der Waals surface area contributed by atoms with Crippen molar-refractivity contribution in [1.29, 1.82) is 0 Å². The molecule has 1 aromatic carbocycles. The van der Waals surface area contributed by atoms with Crippen LogP contribution in [0, 0.1) is 6.92 Å². The van der Waals surface area contributed by atoms with Crippen LogP contribution < -0.4 is 4.90 Å². The van der Waals surface area contributed by atoms with Crippen molar-refractivity contribution in [2.45, 2.75) is 13.3 Å². The van der Waals surface area contributed by atoms with Crippen molar-refractivity contribution >= 4 is 23.5 Å². The summed E-state index contributed by atoms with van der Waals surface area (Å²) in [5.74, 6) is -1.76. The molecule has 7 heteroatoms. The van der Waals surface area contributed by atoms with Crippen LogP contribution in [0.15, 0.2) is 18.2 Å². The minimum atomic E-state index is -1.05. The quantitative estimate of drug-likeness (QED) is 0.777. The highest BCUT2D eigenvalue weighted by Gasteiger charge is 2.31. The van der Waals surface area contributed by atoms with Crippen LogP contribution in [0.4, 0.5) is 5.69 Å². The molecule has 2 amide bonds. The first-order chi connectivity index (χ1) is 9.88. The highest BCUT2D eigenvalue weighted by atomic mass is 16.4. The molecule has 0 radical (unpaired) electrons. The summed E-state index contributed by atoms with van der Waals surface area (Å²) in [6.45, 7) is 1.70. The van der Waals surface area contributed by atoms with Crippen molar-refractivity contribution in [2.24, 2.45) is 0 Å². The summed E-state index contributed by atoms with van der Waals surface area (Å²) >= 11 is 0. The zero-order chi connectivity index (χ0) is 15.6.